The molecule has 3 rings (SSSR count). The molecule has 0 aliphatic heterocycles. The van der Waals surface area contributed by atoms with E-state index >= 15 is 0 Å². The number of rotatable bonds is 9. The fraction of sp³-hybridized carbons (Fsp3) is 0.269. The quantitative estimate of drug-likeness (QED) is 0.488. The molecule has 0 saturated heterocycles. The summed E-state index contributed by atoms with van der Waals surface area (Å²) in [6, 6.07) is 20.4. The first kappa shape index (κ1) is 23.2. The fourth-order valence-electron chi connectivity index (χ4n) is 3.57. The van der Waals surface area contributed by atoms with Crippen molar-refractivity contribution in [3.63, 3.8) is 0 Å². The van der Waals surface area contributed by atoms with Crippen LogP contribution in [0, 0.1) is 6.92 Å². The van der Waals surface area contributed by atoms with Gasteiger partial charge in [-0.25, -0.2) is 4.79 Å². The van der Waals surface area contributed by atoms with Crippen LogP contribution >= 0.6 is 0 Å². The SMILES string of the molecule is CCOC(=O)C(Nc1ccc(C)cc1)C(O)(c1ccc(OC)cc1)c1ccc(OC)cc1. The van der Waals surface area contributed by atoms with Gasteiger partial charge in [0.2, 0.25) is 0 Å². The number of nitrogens with one attached hydrogen (secondary N) is 1. The van der Waals surface area contributed by atoms with E-state index < -0.39 is 17.6 Å². The lowest BCUT2D eigenvalue weighted by molar-refractivity contribution is -0.149. The maximum absolute atomic E-state index is 13.2. The van der Waals surface area contributed by atoms with Crippen LogP contribution in [0.1, 0.15) is 23.6 Å². The summed E-state index contributed by atoms with van der Waals surface area (Å²) in [6.07, 6.45) is 0. The number of carbonyl (C=O) groups excluding carboxylic acids is 1. The summed E-state index contributed by atoms with van der Waals surface area (Å²) >= 11 is 0. The summed E-state index contributed by atoms with van der Waals surface area (Å²) in [5.74, 6) is 0.720. The minimum Gasteiger partial charge on any atom is -0.497 e. The Hall–Kier alpha value is -3.51. The van der Waals surface area contributed by atoms with Crippen LogP contribution in [0.15, 0.2) is 72.8 Å². The van der Waals surface area contributed by atoms with E-state index in [0.717, 1.165) is 5.56 Å². The van der Waals surface area contributed by atoms with E-state index in [0.29, 0.717) is 28.3 Å². The second-order valence-electron chi connectivity index (χ2n) is 7.42. The van der Waals surface area contributed by atoms with Gasteiger partial charge in [0.05, 0.1) is 20.8 Å². The van der Waals surface area contributed by atoms with Gasteiger partial charge in [0.15, 0.2) is 6.04 Å². The second kappa shape index (κ2) is 10.2. The van der Waals surface area contributed by atoms with Crippen LogP contribution < -0.4 is 14.8 Å². The highest BCUT2D eigenvalue weighted by molar-refractivity contribution is 5.82. The number of methoxy groups -OCH3 is 2. The van der Waals surface area contributed by atoms with Crippen molar-refractivity contribution < 1.29 is 24.1 Å². The van der Waals surface area contributed by atoms with E-state index in [1.54, 1.807) is 69.7 Å². The first-order valence-electron chi connectivity index (χ1n) is 10.4. The van der Waals surface area contributed by atoms with Gasteiger partial charge in [-0.2, -0.15) is 0 Å². The van der Waals surface area contributed by atoms with Crippen LogP contribution in [0.5, 0.6) is 11.5 Å². The summed E-state index contributed by atoms with van der Waals surface area (Å²) in [7, 11) is 3.15. The predicted molar refractivity (Wildman–Crippen MR) is 124 cm³/mol. The smallest absolute Gasteiger partial charge is 0.332 e. The van der Waals surface area contributed by atoms with Crippen LogP contribution in [0.3, 0.4) is 0 Å². The molecule has 6 heteroatoms. The van der Waals surface area contributed by atoms with Crippen molar-refractivity contribution in [1.82, 2.24) is 0 Å². The molecule has 0 fully saturated rings. The summed E-state index contributed by atoms with van der Waals surface area (Å²) < 4.78 is 15.9. The summed E-state index contributed by atoms with van der Waals surface area (Å²) in [5, 5.41) is 15.4. The van der Waals surface area contributed by atoms with Gasteiger partial charge in [0.25, 0.3) is 0 Å². The molecule has 0 spiro atoms. The standard InChI is InChI=1S/C26H29NO5/c1-5-32-25(28)24(27-21-12-6-18(2)7-13-21)26(29,19-8-14-22(30-3)15-9-19)20-10-16-23(31-4)17-11-20/h6-17,24,27,29H,5H2,1-4H3. The molecular weight excluding hydrogens is 406 g/mol. The Morgan fingerprint density at radius 1 is 0.875 bits per heavy atom. The highest BCUT2D eigenvalue weighted by Crippen LogP contribution is 2.37. The number of aryl methyl sites for hydroxylation is 1. The number of benzene rings is 3. The maximum Gasteiger partial charge on any atom is 0.332 e. The Kier molecular flexibility index (Phi) is 7.38. The van der Waals surface area contributed by atoms with Crippen molar-refractivity contribution in [3.05, 3.63) is 89.5 Å². The molecule has 6 nitrogen and oxygen atoms in total. The Bertz CT molecular complexity index is 966. The molecule has 0 amide bonds. The molecule has 0 aliphatic carbocycles. The Morgan fingerprint density at radius 3 is 1.75 bits per heavy atom. The van der Waals surface area contributed by atoms with Crippen LogP contribution in [0.25, 0.3) is 0 Å². The van der Waals surface area contributed by atoms with Crippen LogP contribution in [0.4, 0.5) is 5.69 Å². The predicted octanol–water partition coefficient (Wildman–Crippen LogP) is 4.29. The number of anilines is 1. The number of aliphatic hydroxyl groups is 1. The van der Waals surface area contributed by atoms with Crippen LogP contribution in [0.2, 0.25) is 0 Å². The van der Waals surface area contributed by atoms with E-state index in [-0.39, 0.29) is 6.61 Å². The molecule has 3 aromatic carbocycles. The zero-order valence-corrected chi connectivity index (χ0v) is 18.8. The fourth-order valence-corrected chi connectivity index (χ4v) is 3.57. The first-order valence-corrected chi connectivity index (χ1v) is 10.4. The van der Waals surface area contributed by atoms with Crippen molar-refractivity contribution >= 4 is 11.7 Å². The molecule has 0 radical (unpaired) electrons. The number of carbonyl (C=O) groups is 1. The molecule has 32 heavy (non-hydrogen) atoms. The number of ether oxygens (including phenoxy) is 3. The molecule has 0 heterocycles. The molecule has 2 N–H and O–H groups in total. The van der Waals surface area contributed by atoms with E-state index in [9.17, 15) is 9.90 Å². The first-order chi connectivity index (χ1) is 15.4. The monoisotopic (exact) mass is 435 g/mol. The Balaban J connectivity index is 2.16. The molecular formula is C26H29NO5. The molecule has 3 aromatic rings. The van der Waals surface area contributed by atoms with Crippen LogP contribution in [-0.4, -0.2) is 37.9 Å². The average Bonchev–Trinajstić information content (AvgIpc) is 2.83. The van der Waals surface area contributed by atoms with Gasteiger partial charge in [0.1, 0.15) is 17.1 Å². The molecule has 0 bridgehead atoms. The Morgan fingerprint density at radius 2 is 1.34 bits per heavy atom. The minimum absolute atomic E-state index is 0.187. The molecule has 0 aliphatic rings. The van der Waals surface area contributed by atoms with Gasteiger partial charge in [-0.3, -0.25) is 0 Å². The molecule has 1 atom stereocenters. The van der Waals surface area contributed by atoms with Crippen molar-refractivity contribution in [2.45, 2.75) is 25.5 Å². The lowest BCUT2D eigenvalue weighted by atomic mass is 9.79. The molecule has 1 unspecified atom stereocenters. The highest BCUT2D eigenvalue weighted by atomic mass is 16.5. The maximum atomic E-state index is 13.2. The van der Waals surface area contributed by atoms with Gasteiger partial charge in [-0.1, -0.05) is 42.0 Å². The minimum atomic E-state index is -1.74. The van der Waals surface area contributed by atoms with Crippen molar-refractivity contribution in [2.24, 2.45) is 0 Å². The summed E-state index contributed by atoms with van der Waals surface area (Å²) in [5.41, 5.74) is 1.07. The highest BCUT2D eigenvalue weighted by Gasteiger charge is 2.46. The number of hydrogen-bond acceptors (Lipinski definition) is 6. The third-order valence-electron chi connectivity index (χ3n) is 5.36. The lowest BCUT2D eigenvalue weighted by Crippen LogP contribution is -2.51. The van der Waals surface area contributed by atoms with E-state index in [4.69, 9.17) is 14.2 Å². The van der Waals surface area contributed by atoms with Gasteiger partial charge in [0, 0.05) is 5.69 Å². The van der Waals surface area contributed by atoms with Crippen molar-refractivity contribution in [1.29, 1.82) is 0 Å². The third-order valence-corrected chi connectivity index (χ3v) is 5.36. The second-order valence-corrected chi connectivity index (χ2v) is 7.42. The normalized spacial score (nSPS) is 12.0. The third kappa shape index (κ3) is 4.86. The van der Waals surface area contributed by atoms with Gasteiger partial charge >= 0.3 is 5.97 Å². The topological polar surface area (TPSA) is 77.0 Å². The number of esters is 1. The summed E-state index contributed by atoms with van der Waals surface area (Å²) in [6.45, 7) is 3.91. The lowest BCUT2D eigenvalue weighted by Gasteiger charge is -2.36. The Labute approximate surface area is 188 Å². The van der Waals surface area contributed by atoms with Crippen molar-refractivity contribution in [3.8, 4) is 11.5 Å². The molecule has 0 saturated carbocycles. The average molecular weight is 436 g/mol. The van der Waals surface area contributed by atoms with Crippen LogP contribution in [-0.2, 0) is 15.1 Å². The largest absolute Gasteiger partial charge is 0.497 e. The van der Waals surface area contributed by atoms with Crippen molar-refractivity contribution in [2.75, 3.05) is 26.1 Å². The van der Waals surface area contributed by atoms with Gasteiger partial charge in [-0.15, -0.1) is 0 Å². The van der Waals surface area contributed by atoms with E-state index in [2.05, 4.69) is 5.32 Å². The van der Waals surface area contributed by atoms with Gasteiger partial charge in [-0.05, 0) is 61.4 Å². The van der Waals surface area contributed by atoms with E-state index in [1.807, 2.05) is 31.2 Å². The molecule has 0 aromatic heterocycles. The number of hydrogen-bond donors (Lipinski definition) is 2. The van der Waals surface area contributed by atoms with Gasteiger partial charge < -0.3 is 24.6 Å². The molecule has 168 valence electrons. The summed E-state index contributed by atoms with van der Waals surface area (Å²) in [4.78, 5) is 13.2. The zero-order chi connectivity index (χ0) is 23.1. The zero-order valence-electron chi connectivity index (χ0n) is 18.8. The van der Waals surface area contributed by atoms with E-state index in [1.165, 1.54) is 0 Å².